The van der Waals surface area contributed by atoms with Gasteiger partial charge in [-0.15, -0.1) is 0 Å². The van der Waals surface area contributed by atoms with E-state index in [9.17, 15) is 0 Å². The molecule has 0 fully saturated rings. The maximum atomic E-state index is 6.57. The molecular formula is C15H17Cl2NO2. The summed E-state index contributed by atoms with van der Waals surface area (Å²) in [6.07, 6.45) is 0. The number of aryl methyl sites for hydroxylation is 1. The Morgan fingerprint density at radius 1 is 1.05 bits per heavy atom. The van der Waals surface area contributed by atoms with E-state index in [1.165, 1.54) is 0 Å². The van der Waals surface area contributed by atoms with Gasteiger partial charge in [0.15, 0.2) is 0 Å². The number of benzene rings is 1. The molecule has 2 aromatic rings. The van der Waals surface area contributed by atoms with E-state index < -0.39 is 0 Å². The van der Waals surface area contributed by atoms with E-state index in [4.69, 9.17) is 32.7 Å². The summed E-state index contributed by atoms with van der Waals surface area (Å²) in [5, 5.41) is 1.76. The number of rotatable bonds is 3. The highest BCUT2D eigenvalue weighted by molar-refractivity contribution is 6.43. The van der Waals surface area contributed by atoms with Crippen LogP contribution in [0.4, 0.5) is 0 Å². The van der Waals surface area contributed by atoms with E-state index in [1.807, 2.05) is 6.92 Å². The number of halogens is 2. The van der Waals surface area contributed by atoms with Crippen LogP contribution in [0, 0.1) is 6.92 Å². The minimum atomic E-state index is 0.257. The Labute approximate surface area is 128 Å². The highest BCUT2D eigenvalue weighted by Crippen LogP contribution is 2.44. The van der Waals surface area contributed by atoms with Crippen LogP contribution in [0.15, 0.2) is 6.07 Å². The molecule has 0 aliphatic carbocycles. The van der Waals surface area contributed by atoms with E-state index in [0.717, 1.165) is 11.3 Å². The van der Waals surface area contributed by atoms with Gasteiger partial charge in [-0.3, -0.25) is 0 Å². The van der Waals surface area contributed by atoms with Crippen molar-refractivity contribution in [3.8, 4) is 11.5 Å². The number of pyridine rings is 1. The van der Waals surface area contributed by atoms with Crippen LogP contribution in [0.2, 0.25) is 10.0 Å². The average Bonchev–Trinajstić information content (AvgIpc) is 2.38. The molecule has 5 heteroatoms. The lowest BCUT2D eigenvalue weighted by molar-refractivity contribution is 0.397. The van der Waals surface area contributed by atoms with Gasteiger partial charge in [0.2, 0.25) is 0 Å². The smallest absolute Gasteiger partial charge is 0.148 e. The standard InChI is InChI=1S/C15H17Cl2NO2/c1-7(2)11-8(3)18-15-10(20-5)6-9(19-4)13(16)12(15)14(11)17/h6-7H,1-5H3. The van der Waals surface area contributed by atoms with Gasteiger partial charge in [0.1, 0.15) is 17.0 Å². The average molecular weight is 314 g/mol. The summed E-state index contributed by atoms with van der Waals surface area (Å²) in [6.45, 7) is 6.10. The third kappa shape index (κ3) is 2.29. The van der Waals surface area contributed by atoms with Crippen molar-refractivity contribution in [1.82, 2.24) is 4.98 Å². The summed E-state index contributed by atoms with van der Waals surface area (Å²) >= 11 is 13.0. The molecule has 0 unspecified atom stereocenters. The van der Waals surface area contributed by atoms with E-state index in [1.54, 1.807) is 20.3 Å². The Morgan fingerprint density at radius 3 is 2.15 bits per heavy atom. The van der Waals surface area contributed by atoms with Crippen LogP contribution in [0.5, 0.6) is 11.5 Å². The SMILES string of the molecule is COc1cc(OC)c2nc(C)c(C(C)C)c(Cl)c2c1Cl. The van der Waals surface area contributed by atoms with Gasteiger partial charge in [-0.05, 0) is 18.4 Å². The number of hydrogen-bond donors (Lipinski definition) is 0. The summed E-state index contributed by atoms with van der Waals surface area (Å²) < 4.78 is 10.7. The zero-order valence-electron chi connectivity index (χ0n) is 12.2. The molecule has 0 aliphatic rings. The monoisotopic (exact) mass is 313 g/mol. The van der Waals surface area contributed by atoms with Gasteiger partial charge in [0, 0.05) is 17.1 Å². The van der Waals surface area contributed by atoms with Crippen LogP contribution >= 0.6 is 23.2 Å². The Balaban J connectivity index is 2.98. The van der Waals surface area contributed by atoms with E-state index in [2.05, 4.69) is 18.8 Å². The second kappa shape index (κ2) is 5.66. The summed E-state index contributed by atoms with van der Waals surface area (Å²) in [4.78, 5) is 4.62. The Kier molecular flexibility index (Phi) is 4.31. The van der Waals surface area contributed by atoms with Crippen LogP contribution in [0.3, 0.4) is 0 Å². The molecule has 108 valence electrons. The van der Waals surface area contributed by atoms with Gasteiger partial charge in [0.25, 0.3) is 0 Å². The first-order valence-electron chi connectivity index (χ1n) is 6.32. The van der Waals surface area contributed by atoms with E-state index >= 15 is 0 Å². The third-order valence-corrected chi connectivity index (χ3v) is 4.08. The molecule has 0 saturated carbocycles. The molecule has 0 radical (unpaired) electrons. The Bertz CT molecular complexity index is 669. The molecule has 20 heavy (non-hydrogen) atoms. The highest BCUT2D eigenvalue weighted by atomic mass is 35.5. The zero-order chi connectivity index (χ0) is 15.0. The number of aromatic nitrogens is 1. The van der Waals surface area contributed by atoms with Gasteiger partial charge in [-0.2, -0.15) is 0 Å². The number of methoxy groups -OCH3 is 2. The minimum Gasteiger partial charge on any atom is -0.495 e. The molecule has 0 saturated heterocycles. The van der Waals surface area contributed by atoms with Gasteiger partial charge in [0.05, 0.1) is 24.3 Å². The van der Waals surface area contributed by atoms with Crippen LogP contribution in [-0.4, -0.2) is 19.2 Å². The second-order valence-electron chi connectivity index (χ2n) is 4.90. The summed E-state index contributed by atoms with van der Waals surface area (Å²) in [5.41, 5.74) is 2.54. The Hall–Kier alpha value is -1.19. The molecule has 0 spiro atoms. The molecule has 0 amide bonds. The molecule has 1 heterocycles. The molecule has 1 aromatic heterocycles. The third-order valence-electron chi connectivity index (χ3n) is 3.31. The van der Waals surface area contributed by atoms with Crippen LogP contribution < -0.4 is 9.47 Å². The van der Waals surface area contributed by atoms with Gasteiger partial charge in [-0.1, -0.05) is 37.0 Å². The normalized spacial score (nSPS) is 11.2. The quantitative estimate of drug-likeness (QED) is 0.799. The highest BCUT2D eigenvalue weighted by Gasteiger charge is 2.21. The molecule has 0 N–H and O–H groups in total. The van der Waals surface area contributed by atoms with Crippen LogP contribution in [0.1, 0.15) is 31.0 Å². The molecule has 1 aromatic carbocycles. The molecule has 0 bridgehead atoms. The first-order valence-corrected chi connectivity index (χ1v) is 7.08. The summed E-state index contributed by atoms with van der Waals surface area (Å²) in [6, 6.07) is 1.72. The lowest BCUT2D eigenvalue weighted by atomic mass is 9.99. The summed E-state index contributed by atoms with van der Waals surface area (Å²) in [5.74, 6) is 1.38. The first-order chi connectivity index (χ1) is 9.42. The fraction of sp³-hybridized carbons (Fsp3) is 0.400. The van der Waals surface area contributed by atoms with Gasteiger partial charge < -0.3 is 9.47 Å². The topological polar surface area (TPSA) is 31.4 Å². The molecule has 3 nitrogen and oxygen atoms in total. The molecule has 0 aliphatic heterocycles. The van der Waals surface area contributed by atoms with Crippen molar-refractivity contribution in [2.24, 2.45) is 0 Å². The number of fused-ring (bicyclic) bond motifs is 1. The molecule has 0 atom stereocenters. The van der Waals surface area contributed by atoms with Crippen molar-refractivity contribution >= 4 is 34.1 Å². The molecule has 2 rings (SSSR count). The van der Waals surface area contributed by atoms with Crippen molar-refractivity contribution in [2.45, 2.75) is 26.7 Å². The second-order valence-corrected chi connectivity index (χ2v) is 5.65. The predicted octanol–water partition coefficient (Wildman–Crippen LogP) is 4.99. The van der Waals surface area contributed by atoms with Crippen molar-refractivity contribution in [1.29, 1.82) is 0 Å². The van der Waals surface area contributed by atoms with E-state index in [-0.39, 0.29) is 5.92 Å². The van der Waals surface area contributed by atoms with Crippen molar-refractivity contribution in [2.75, 3.05) is 14.2 Å². The minimum absolute atomic E-state index is 0.257. The van der Waals surface area contributed by atoms with Crippen molar-refractivity contribution < 1.29 is 9.47 Å². The Morgan fingerprint density at radius 2 is 1.65 bits per heavy atom. The predicted molar refractivity (Wildman–Crippen MR) is 83.7 cm³/mol. The van der Waals surface area contributed by atoms with Crippen LogP contribution in [-0.2, 0) is 0 Å². The lowest BCUT2D eigenvalue weighted by Crippen LogP contribution is -2.01. The largest absolute Gasteiger partial charge is 0.495 e. The number of hydrogen-bond acceptors (Lipinski definition) is 3. The number of ether oxygens (including phenoxy) is 2. The van der Waals surface area contributed by atoms with Gasteiger partial charge >= 0.3 is 0 Å². The summed E-state index contributed by atoms with van der Waals surface area (Å²) in [7, 11) is 3.15. The van der Waals surface area contributed by atoms with Crippen LogP contribution in [0.25, 0.3) is 10.9 Å². The maximum absolute atomic E-state index is 6.57. The first kappa shape index (κ1) is 15.2. The number of nitrogens with zero attached hydrogens (tertiary/aromatic N) is 1. The van der Waals surface area contributed by atoms with Gasteiger partial charge in [-0.25, -0.2) is 4.98 Å². The van der Waals surface area contributed by atoms with Crippen molar-refractivity contribution in [3.63, 3.8) is 0 Å². The fourth-order valence-corrected chi connectivity index (χ4v) is 3.31. The van der Waals surface area contributed by atoms with E-state index in [0.29, 0.717) is 32.4 Å². The molecular weight excluding hydrogens is 297 g/mol. The lowest BCUT2D eigenvalue weighted by Gasteiger charge is -2.17. The fourth-order valence-electron chi connectivity index (χ4n) is 2.41. The zero-order valence-corrected chi connectivity index (χ0v) is 13.7. The maximum Gasteiger partial charge on any atom is 0.148 e. The van der Waals surface area contributed by atoms with Crippen molar-refractivity contribution in [3.05, 3.63) is 27.4 Å².